The van der Waals surface area contributed by atoms with Crippen molar-refractivity contribution in [2.24, 2.45) is 0 Å². The molecule has 0 fully saturated rings. The standard InChI is InChI=1S/C23H21N3O2S/c1-15-10-16(2)21-20(11-15)29-23(25-21)26(14-17-6-5-9-24-13-17)22(27)18-7-4-8-19(12-18)28-3/h4-13H,14H2,1-3H3. The number of pyridine rings is 1. The molecule has 4 rings (SSSR count). The third kappa shape index (κ3) is 3.98. The van der Waals surface area contributed by atoms with Gasteiger partial charge in [-0.1, -0.05) is 29.5 Å². The number of hydrogen-bond donors (Lipinski definition) is 0. The zero-order chi connectivity index (χ0) is 20.4. The van der Waals surface area contributed by atoms with Crippen LogP contribution in [0.1, 0.15) is 27.0 Å². The SMILES string of the molecule is COc1cccc(C(=O)N(Cc2cccnc2)c2nc3c(C)cc(C)cc3s2)c1. The van der Waals surface area contributed by atoms with Crippen LogP contribution in [0.4, 0.5) is 5.13 Å². The predicted molar refractivity (Wildman–Crippen MR) is 117 cm³/mol. The number of amides is 1. The van der Waals surface area contributed by atoms with E-state index < -0.39 is 0 Å². The van der Waals surface area contributed by atoms with Gasteiger partial charge in [-0.25, -0.2) is 4.98 Å². The molecule has 2 aromatic carbocycles. The number of aryl methyl sites for hydroxylation is 2. The van der Waals surface area contributed by atoms with Gasteiger partial charge in [-0.15, -0.1) is 0 Å². The Hall–Kier alpha value is -3.25. The molecule has 4 aromatic rings. The highest BCUT2D eigenvalue weighted by Gasteiger charge is 2.23. The largest absolute Gasteiger partial charge is 0.497 e. The summed E-state index contributed by atoms with van der Waals surface area (Å²) in [6.45, 7) is 4.51. The molecule has 1 amide bonds. The number of benzene rings is 2. The third-order valence-corrected chi connectivity index (χ3v) is 5.70. The second-order valence-electron chi connectivity index (χ2n) is 6.91. The van der Waals surface area contributed by atoms with Crippen molar-refractivity contribution >= 4 is 32.6 Å². The molecule has 5 nitrogen and oxygen atoms in total. The van der Waals surface area contributed by atoms with Crippen molar-refractivity contribution in [2.45, 2.75) is 20.4 Å². The molecular weight excluding hydrogens is 382 g/mol. The van der Waals surface area contributed by atoms with E-state index in [1.807, 2.05) is 31.2 Å². The molecule has 0 aliphatic carbocycles. The number of carbonyl (C=O) groups is 1. The highest BCUT2D eigenvalue weighted by atomic mass is 32.1. The molecule has 0 unspecified atom stereocenters. The van der Waals surface area contributed by atoms with E-state index in [4.69, 9.17) is 9.72 Å². The van der Waals surface area contributed by atoms with Crippen molar-refractivity contribution in [3.05, 3.63) is 83.2 Å². The van der Waals surface area contributed by atoms with Crippen molar-refractivity contribution in [2.75, 3.05) is 12.0 Å². The van der Waals surface area contributed by atoms with Gasteiger partial charge in [0, 0.05) is 18.0 Å². The summed E-state index contributed by atoms with van der Waals surface area (Å²) in [7, 11) is 1.59. The average molecular weight is 404 g/mol. The summed E-state index contributed by atoms with van der Waals surface area (Å²) in [6, 6.07) is 15.2. The van der Waals surface area contributed by atoms with Crippen molar-refractivity contribution in [1.82, 2.24) is 9.97 Å². The van der Waals surface area contributed by atoms with Crippen LogP contribution in [0.3, 0.4) is 0 Å². The Morgan fingerprint density at radius 2 is 2.00 bits per heavy atom. The van der Waals surface area contributed by atoms with E-state index in [2.05, 4.69) is 24.0 Å². The normalized spacial score (nSPS) is 10.9. The molecule has 0 saturated carbocycles. The molecule has 6 heteroatoms. The molecule has 0 bridgehead atoms. The first-order valence-corrected chi connectivity index (χ1v) is 10.1. The minimum atomic E-state index is -0.124. The Balaban J connectivity index is 1.79. The highest BCUT2D eigenvalue weighted by Crippen LogP contribution is 2.33. The average Bonchev–Trinajstić information content (AvgIpc) is 3.16. The Morgan fingerprint density at radius 1 is 1.14 bits per heavy atom. The van der Waals surface area contributed by atoms with Gasteiger partial charge in [0.25, 0.3) is 5.91 Å². The van der Waals surface area contributed by atoms with E-state index >= 15 is 0 Å². The number of carbonyl (C=O) groups excluding carboxylic acids is 1. The fourth-order valence-corrected chi connectivity index (χ4v) is 4.43. The van der Waals surface area contributed by atoms with Gasteiger partial charge in [-0.2, -0.15) is 0 Å². The van der Waals surface area contributed by atoms with Crippen LogP contribution in [-0.4, -0.2) is 23.0 Å². The molecular formula is C23H21N3O2S. The number of thiazole rings is 1. The Morgan fingerprint density at radius 3 is 2.76 bits per heavy atom. The summed E-state index contributed by atoms with van der Waals surface area (Å²) in [5, 5.41) is 0.672. The number of rotatable bonds is 5. The third-order valence-electron chi connectivity index (χ3n) is 4.67. The molecule has 2 aromatic heterocycles. The highest BCUT2D eigenvalue weighted by molar-refractivity contribution is 7.22. The first kappa shape index (κ1) is 19.1. The Kier molecular flexibility index (Phi) is 5.27. The predicted octanol–water partition coefficient (Wildman–Crippen LogP) is 5.16. The first-order chi connectivity index (χ1) is 14.0. The molecule has 29 heavy (non-hydrogen) atoms. The fourth-order valence-electron chi connectivity index (χ4n) is 3.29. The second-order valence-corrected chi connectivity index (χ2v) is 7.92. The van der Waals surface area contributed by atoms with Crippen LogP contribution in [0.2, 0.25) is 0 Å². The maximum atomic E-state index is 13.5. The van der Waals surface area contributed by atoms with E-state index in [1.54, 1.807) is 36.5 Å². The quantitative estimate of drug-likeness (QED) is 0.462. The summed E-state index contributed by atoms with van der Waals surface area (Å²) < 4.78 is 6.37. The molecule has 0 atom stereocenters. The molecule has 0 N–H and O–H groups in total. The van der Waals surface area contributed by atoms with Gasteiger partial charge < -0.3 is 4.74 Å². The summed E-state index contributed by atoms with van der Waals surface area (Å²) in [4.78, 5) is 24.2. The maximum absolute atomic E-state index is 13.5. The minimum absolute atomic E-state index is 0.124. The lowest BCUT2D eigenvalue weighted by molar-refractivity contribution is 0.0985. The Bertz CT molecular complexity index is 1170. The number of aromatic nitrogens is 2. The molecule has 2 heterocycles. The second kappa shape index (κ2) is 8.01. The van der Waals surface area contributed by atoms with Crippen molar-refractivity contribution in [1.29, 1.82) is 0 Å². The van der Waals surface area contributed by atoms with Gasteiger partial charge in [-0.05, 0) is 60.9 Å². The van der Waals surface area contributed by atoms with Crippen LogP contribution in [0.5, 0.6) is 5.75 Å². The summed E-state index contributed by atoms with van der Waals surface area (Å²) >= 11 is 1.53. The van der Waals surface area contributed by atoms with Crippen LogP contribution in [0, 0.1) is 13.8 Å². The van der Waals surface area contributed by atoms with Crippen LogP contribution >= 0.6 is 11.3 Å². The lowest BCUT2D eigenvalue weighted by atomic mass is 10.1. The van der Waals surface area contributed by atoms with E-state index in [-0.39, 0.29) is 5.91 Å². The molecule has 0 spiro atoms. The molecule has 0 radical (unpaired) electrons. The molecule has 0 saturated heterocycles. The molecule has 0 aliphatic rings. The van der Waals surface area contributed by atoms with E-state index in [0.717, 1.165) is 21.3 Å². The lowest BCUT2D eigenvalue weighted by Crippen LogP contribution is -2.30. The van der Waals surface area contributed by atoms with Crippen LogP contribution < -0.4 is 9.64 Å². The van der Waals surface area contributed by atoms with Gasteiger partial charge in [0.2, 0.25) is 0 Å². The molecule has 0 aliphatic heterocycles. The van der Waals surface area contributed by atoms with Crippen LogP contribution in [0.15, 0.2) is 60.9 Å². The Labute approximate surface area is 173 Å². The summed E-state index contributed by atoms with van der Waals surface area (Å²) in [5.41, 5.74) is 4.72. The smallest absolute Gasteiger partial charge is 0.260 e. The van der Waals surface area contributed by atoms with E-state index in [0.29, 0.717) is 23.0 Å². The van der Waals surface area contributed by atoms with Crippen LogP contribution in [-0.2, 0) is 6.54 Å². The number of hydrogen-bond acceptors (Lipinski definition) is 5. The van der Waals surface area contributed by atoms with Gasteiger partial charge in [0.05, 0.1) is 23.9 Å². The number of nitrogens with zero attached hydrogens (tertiary/aromatic N) is 3. The fraction of sp³-hybridized carbons (Fsp3) is 0.174. The summed E-state index contributed by atoms with van der Waals surface area (Å²) in [6.07, 6.45) is 3.50. The van der Waals surface area contributed by atoms with E-state index in [9.17, 15) is 4.79 Å². The van der Waals surface area contributed by atoms with E-state index in [1.165, 1.54) is 16.9 Å². The minimum Gasteiger partial charge on any atom is -0.497 e. The van der Waals surface area contributed by atoms with Crippen molar-refractivity contribution in [3.8, 4) is 5.75 Å². The number of methoxy groups -OCH3 is 1. The van der Waals surface area contributed by atoms with Crippen LogP contribution in [0.25, 0.3) is 10.2 Å². The number of anilines is 1. The number of fused-ring (bicyclic) bond motifs is 1. The lowest BCUT2D eigenvalue weighted by Gasteiger charge is -2.20. The summed E-state index contributed by atoms with van der Waals surface area (Å²) in [5.74, 6) is 0.522. The zero-order valence-electron chi connectivity index (χ0n) is 16.5. The van der Waals surface area contributed by atoms with Gasteiger partial charge in [-0.3, -0.25) is 14.7 Å². The van der Waals surface area contributed by atoms with Gasteiger partial charge >= 0.3 is 0 Å². The van der Waals surface area contributed by atoms with Crippen molar-refractivity contribution < 1.29 is 9.53 Å². The topological polar surface area (TPSA) is 55.3 Å². The zero-order valence-corrected chi connectivity index (χ0v) is 17.4. The maximum Gasteiger partial charge on any atom is 0.260 e. The monoisotopic (exact) mass is 403 g/mol. The number of ether oxygens (including phenoxy) is 1. The van der Waals surface area contributed by atoms with Crippen molar-refractivity contribution in [3.63, 3.8) is 0 Å². The van der Waals surface area contributed by atoms with Gasteiger partial charge in [0.15, 0.2) is 5.13 Å². The van der Waals surface area contributed by atoms with Gasteiger partial charge in [0.1, 0.15) is 5.75 Å². The molecule has 146 valence electrons. The first-order valence-electron chi connectivity index (χ1n) is 9.28.